The Kier molecular flexibility index (Phi) is 6.75. The fraction of sp³-hybridized carbons (Fsp3) is 0.591. The molecule has 1 aromatic heterocycles. The molecule has 2 aliphatic rings. The molecular formula is C22H31N3O4S. The summed E-state index contributed by atoms with van der Waals surface area (Å²) in [6.07, 6.45) is 9.43. The Morgan fingerprint density at radius 1 is 1.17 bits per heavy atom. The van der Waals surface area contributed by atoms with Gasteiger partial charge in [0.25, 0.3) is 6.01 Å². The van der Waals surface area contributed by atoms with Gasteiger partial charge in [-0.1, -0.05) is 30.3 Å². The zero-order chi connectivity index (χ0) is 21.0. The lowest BCUT2D eigenvalue weighted by molar-refractivity contribution is -0.00185. The predicted octanol–water partition coefficient (Wildman–Crippen LogP) is 3.16. The minimum absolute atomic E-state index is 0.229. The van der Waals surface area contributed by atoms with Crippen molar-refractivity contribution >= 4 is 16.0 Å². The van der Waals surface area contributed by atoms with Crippen LogP contribution in [0.4, 0.5) is 6.01 Å². The summed E-state index contributed by atoms with van der Waals surface area (Å²) in [5, 5.41) is 0. The number of piperidine rings is 1. The summed E-state index contributed by atoms with van der Waals surface area (Å²) < 4.78 is 38.1. The molecule has 1 aliphatic heterocycles. The first-order valence-electron chi connectivity index (χ1n) is 10.8. The van der Waals surface area contributed by atoms with Gasteiger partial charge in [-0.05, 0) is 49.5 Å². The molecule has 30 heavy (non-hydrogen) atoms. The monoisotopic (exact) mass is 433 g/mol. The van der Waals surface area contributed by atoms with Gasteiger partial charge in [0.2, 0.25) is 10.0 Å². The van der Waals surface area contributed by atoms with Crippen LogP contribution in [0.1, 0.15) is 43.6 Å². The third kappa shape index (κ3) is 5.62. The maximum atomic E-state index is 11.8. The molecule has 1 saturated heterocycles. The fourth-order valence-electron chi connectivity index (χ4n) is 4.69. The summed E-state index contributed by atoms with van der Waals surface area (Å²) in [6, 6.07) is 11.1. The predicted molar refractivity (Wildman–Crippen MR) is 116 cm³/mol. The molecule has 4 rings (SSSR count). The molecule has 1 aliphatic carbocycles. The second kappa shape index (κ2) is 9.49. The molecule has 7 nitrogen and oxygen atoms in total. The second-order valence-electron chi connectivity index (χ2n) is 8.55. The number of ether oxygens (including phenoxy) is 1. The number of oxazole rings is 1. The number of nitrogens with zero attached hydrogens (tertiary/aromatic N) is 2. The van der Waals surface area contributed by atoms with Gasteiger partial charge in [-0.3, -0.25) is 0 Å². The lowest BCUT2D eigenvalue weighted by atomic mass is 9.79. The third-order valence-electron chi connectivity index (χ3n) is 6.28. The molecule has 8 heteroatoms. The molecule has 2 fully saturated rings. The van der Waals surface area contributed by atoms with Crippen LogP contribution in [0.15, 0.2) is 47.2 Å². The number of hydrogen-bond donors (Lipinski definition) is 1. The number of rotatable bonds is 7. The van der Waals surface area contributed by atoms with Crippen LogP contribution in [0.2, 0.25) is 0 Å². The van der Waals surface area contributed by atoms with E-state index >= 15 is 0 Å². The summed E-state index contributed by atoms with van der Waals surface area (Å²) in [6.45, 7) is 1.90. The van der Waals surface area contributed by atoms with Gasteiger partial charge >= 0.3 is 0 Å². The van der Waals surface area contributed by atoms with Gasteiger partial charge in [-0.2, -0.15) is 0 Å². The summed E-state index contributed by atoms with van der Waals surface area (Å²) in [5.74, 6) is 1.15. The smallest absolute Gasteiger partial charge is 0.297 e. The minimum Gasteiger partial charge on any atom is -0.432 e. The van der Waals surface area contributed by atoms with Crippen LogP contribution in [0.5, 0.6) is 0 Å². The van der Waals surface area contributed by atoms with Crippen LogP contribution >= 0.6 is 0 Å². The maximum Gasteiger partial charge on any atom is 0.297 e. The highest BCUT2D eigenvalue weighted by Crippen LogP contribution is 2.36. The van der Waals surface area contributed by atoms with E-state index in [9.17, 15) is 8.42 Å². The molecular weight excluding hydrogens is 402 g/mol. The summed E-state index contributed by atoms with van der Waals surface area (Å²) >= 11 is 0. The van der Waals surface area contributed by atoms with Crippen molar-refractivity contribution in [3.05, 3.63) is 48.4 Å². The number of nitrogens with one attached hydrogen (secondary N) is 1. The first-order valence-corrected chi connectivity index (χ1v) is 12.7. The molecule has 2 heterocycles. The Balaban J connectivity index is 1.33. The van der Waals surface area contributed by atoms with Crippen LogP contribution in [0.3, 0.4) is 0 Å². The molecule has 0 spiro atoms. The van der Waals surface area contributed by atoms with Gasteiger partial charge in [-0.15, -0.1) is 0 Å². The van der Waals surface area contributed by atoms with Gasteiger partial charge in [0.05, 0.1) is 31.1 Å². The van der Waals surface area contributed by atoms with Crippen molar-refractivity contribution in [1.82, 2.24) is 9.71 Å². The van der Waals surface area contributed by atoms with E-state index in [1.807, 2.05) is 4.90 Å². The highest BCUT2D eigenvalue weighted by Gasteiger charge is 2.34. The normalized spacial score (nSPS) is 27.8. The number of anilines is 1. The molecule has 0 amide bonds. The third-order valence-corrected chi connectivity index (χ3v) is 7.01. The van der Waals surface area contributed by atoms with E-state index in [2.05, 4.69) is 40.0 Å². The van der Waals surface area contributed by atoms with Crippen LogP contribution in [-0.2, 0) is 14.8 Å². The van der Waals surface area contributed by atoms with Gasteiger partial charge in [0, 0.05) is 13.2 Å². The van der Waals surface area contributed by atoms with E-state index in [1.54, 1.807) is 12.5 Å². The SMILES string of the molecule is CS(=O)(=O)N[C@H]1CCN(c2ncco2)C[C@H]1OC[C@H]1CC[C@@H](c2ccccc2)CC1. The number of hydrogen-bond acceptors (Lipinski definition) is 6. The maximum absolute atomic E-state index is 11.8. The molecule has 1 N–H and O–H groups in total. The van der Waals surface area contributed by atoms with E-state index < -0.39 is 10.0 Å². The number of aromatic nitrogens is 1. The largest absolute Gasteiger partial charge is 0.432 e. The van der Waals surface area contributed by atoms with Gasteiger partial charge in [-0.25, -0.2) is 18.1 Å². The van der Waals surface area contributed by atoms with E-state index in [4.69, 9.17) is 9.15 Å². The van der Waals surface area contributed by atoms with Gasteiger partial charge in [0.15, 0.2) is 0 Å². The van der Waals surface area contributed by atoms with Crippen molar-refractivity contribution in [2.45, 2.75) is 50.2 Å². The highest BCUT2D eigenvalue weighted by atomic mass is 32.2. The first-order chi connectivity index (χ1) is 14.5. The van der Waals surface area contributed by atoms with Crippen molar-refractivity contribution in [3.63, 3.8) is 0 Å². The lowest BCUT2D eigenvalue weighted by Gasteiger charge is -2.38. The Hall–Kier alpha value is -1.90. The average Bonchev–Trinajstić information content (AvgIpc) is 3.28. The summed E-state index contributed by atoms with van der Waals surface area (Å²) in [7, 11) is -3.30. The van der Waals surface area contributed by atoms with Crippen molar-refractivity contribution < 1.29 is 17.6 Å². The molecule has 1 aromatic carbocycles. The second-order valence-corrected chi connectivity index (χ2v) is 10.3. The van der Waals surface area contributed by atoms with Gasteiger partial charge in [0.1, 0.15) is 6.26 Å². The first kappa shape index (κ1) is 21.3. The molecule has 1 saturated carbocycles. The average molecular weight is 434 g/mol. The Bertz CT molecular complexity index is 880. The topological polar surface area (TPSA) is 84.7 Å². The minimum atomic E-state index is -3.30. The highest BCUT2D eigenvalue weighted by molar-refractivity contribution is 7.88. The summed E-state index contributed by atoms with van der Waals surface area (Å²) in [4.78, 5) is 6.25. The van der Waals surface area contributed by atoms with E-state index in [0.717, 1.165) is 12.8 Å². The zero-order valence-electron chi connectivity index (χ0n) is 17.4. The van der Waals surface area contributed by atoms with Crippen LogP contribution in [0, 0.1) is 5.92 Å². The standard InChI is InChI=1S/C22H31N3O4S/c1-30(26,27)24-20-11-13-25(22-23-12-14-28-22)15-21(20)29-16-17-7-9-19(10-8-17)18-5-3-2-4-6-18/h2-6,12,14,17,19-21,24H,7-11,13,15-16H2,1H3/t17-,19+,20-,21+/m0/s1. The number of benzene rings is 1. The lowest BCUT2D eigenvalue weighted by Crippen LogP contribution is -2.55. The van der Waals surface area contributed by atoms with E-state index in [-0.39, 0.29) is 12.1 Å². The van der Waals surface area contributed by atoms with Crippen LogP contribution < -0.4 is 9.62 Å². The Labute approximate surface area is 178 Å². The molecule has 0 radical (unpaired) electrons. The molecule has 0 bridgehead atoms. The molecule has 2 aromatic rings. The van der Waals surface area contributed by atoms with Crippen LogP contribution in [0.25, 0.3) is 0 Å². The molecule has 164 valence electrons. The van der Waals surface area contributed by atoms with Crippen LogP contribution in [-0.4, -0.2) is 51.5 Å². The van der Waals surface area contributed by atoms with Crippen molar-refractivity contribution in [1.29, 1.82) is 0 Å². The molecule has 0 unspecified atom stereocenters. The van der Waals surface area contributed by atoms with Crippen molar-refractivity contribution in [3.8, 4) is 0 Å². The van der Waals surface area contributed by atoms with E-state index in [1.165, 1.54) is 24.7 Å². The van der Waals surface area contributed by atoms with Gasteiger partial charge < -0.3 is 14.1 Å². The van der Waals surface area contributed by atoms with Crippen molar-refractivity contribution in [2.24, 2.45) is 5.92 Å². The number of sulfonamides is 1. The van der Waals surface area contributed by atoms with E-state index in [0.29, 0.717) is 44.0 Å². The Morgan fingerprint density at radius 2 is 1.93 bits per heavy atom. The molecule has 2 atom stereocenters. The zero-order valence-corrected chi connectivity index (χ0v) is 18.3. The van der Waals surface area contributed by atoms with Crippen molar-refractivity contribution in [2.75, 3.05) is 30.9 Å². The summed E-state index contributed by atoms with van der Waals surface area (Å²) in [5.41, 5.74) is 1.43. The quantitative estimate of drug-likeness (QED) is 0.722. The Morgan fingerprint density at radius 3 is 2.60 bits per heavy atom. The fourth-order valence-corrected chi connectivity index (χ4v) is 5.51.